The lowest BCUT2D eigenvalue weighted by Gasteiger charge is -2.03. The summed E-state index contributed by atoms with van der Waals surface area (Å²) < 4.78 is 12.7. The van der Waals surface area contributed by atoms with Gasteiger partial charge in [0.1, 0.15) is 17.5 Å². The van der Waals surface area contributed by atoms with Crippen molar-refractivity contribution in [1.82, 2.24) is 5.32 Å². The molecule has 104 valence electrons. The van der Waals surface area contributed by atoms with Crippen LogP contribution in [0.25, 0.3) is 0 Å². The van der Waals surface area contributed by atoms with Crippen LogP contribution < -0.4 is 10.6 Å². The molecule has 6 nitrogen and oxygen atoms in total. The Hall–Kier alpha value is -2.88. The number of carbonyl (C=O) groups excluding carboxylic acids is 1. The van der Waals surface area contributed by atoms with Crippen LogP contribution in [0.2, 0.25) is 0 Å². The van der Waals surface area contributed by atoms with Crippen LogP contribution in [0.5, 0.6) is 0 Å². The summed E-state index contributed by atoms with van der Waals surface area (Å²) in [4.78, 5) is 21.8. The smallest absolute Gasteiger partial charge is 0.305 e. The number of hydrogen-bond acceptors (Lipinski definition) is 4. The monoisotopic (exact) mass is 277 g/mol. The van der Waals surface area contributed by atoms with Gasteiger partial charge in [-0.3, -0.25) is 9.59 Å². The molecule has 1 aromatic rings. The zero-order chi connectivity index (χ0) is 15.0. The summed E-state index contributed by atoms with van der Waals surface area (Å²) in [6, 6.07) is 7.04. The molecule has 0 fully saturated rings. The van der Waals surface area contributed by atoms with Crippen LogP contribution in [0.4, 0.5) is 10.1 Å². The summed E-state index contributed by atoms with van der Waals surface area (Å²) in [5.41, 5.74) is 0.303. The average Bonchev–Trinajstić information content (AvgIpc) is 2.41. The molecule has 0 radical (unpaired) electrons. The van der Waals surface area contributed by atoms with Crippen LogP contribution in [0.1, 0.15) is 6.42 Å². The second-order valence-corrected chi connectivity index (χ2v) is 3.72. The number of aliphatic carboxylic acids is 1. The molecule has 0 bridgehead atoms. The molecule has 0 unspecified atom stereocenters. The molecule has 1 amide bonds. The fraction of sp³-hybridized carbons (Fsp3) is 0.154. The molecular weight excluding hydrogens is 265 g/mol. The Morgan fingerprint density at radius 1 is 1.35 bits per heavy atom. The highest BCUT2D eigenvalue weighted by molar-refractivity contribution is 5.97. The summed E-state index contributed by atoms with van der Waals surface area (Å²) in [5.74, 6) is -2.12. The third kappa shape index (κ3) is 5.18. The second-order valence-electron chi connectivity index (χ2n) is 3.72. The molecule has 3 N–H and O–H groups in total. The third-order valence-corrected chi connectivity index (χ3v) is 2.22. The van der Waals surface area contributed by atoms with Gasteiger partial charge in [0.15, 0.2) is 0 Å². The minimum atomic E-state index is -1.04. The van der Waals surface area contributed by atoms with Gasteiger partial charge in [-0.05, 0) is 24.3 Å². The Morgan fingerprint density at radius 2 is 2.00 bits per heavy atom. The molecule has 0 saturated heterocycles. The number of benzene rings is 1. The molecule has 7 heteroatoms. The first kappa shape index (κ1) is 15.2. The molecule has 20 heavy (non-hydrogen) atoms. The molecule has 0 saturated carbocycles. The number of nitrogens with zero attached hydrogens (tertiary/aromatic N) is 1. The molecule has 0 heterocycles. The second kappa shape index (κ2) is 7.53. The van der Waals surface area contributed by atoms with E-state index in [2.05, 4.69) is 10.6 Å². The van der Waals surface area contributed by atoms with Gasteiger partial charge in [0, 0.05) is 18.4 Å². The van der Waals surface area contributed by atoms with E-state index in [1.807, 2.05) is 0 Å². The minimum absolute atomic E-state index is 0.0657. The average molecular weight is 277 g/mol. The number of carbonyl (C=O) groups is 2. The number of nitrogens with one attached hydrogen (secondary N) is 2. The number of nitriles is 1. The zero-order valence-corrected chi connectivity index (χ0v) is 10.4. The van der Waals surface area contributed by atoms with E-state index < -0.39 is 17.7 Å². The molecule has 1 aromatic carbocycles. The molecule has 0 aromatic heterocycles. The Bertz CT molecular complexity index is 561. The van der Waals surface area contributed by atoms with E-state index in [1.165, 1.54) is 30.5 Å². The highest BCUT2D eigenvalue weighted by Gasteiger charge is 2.08. The predicted molar refractivity (Wildman–Crippen MR) is 69.0 cm³/mol. The van der Waals surface area contributed by atoms with Gasteiger partial charge < -0.3 is 15.7 Å². The molecule has 0 atom stereocenters. The SMILES string of the molecule is N#C/C(=C/Nc1ccc(F)cc1)C(=O)NCCC(=O)O. The van der Waals surface area contributed by atoms with Crippen molar-refractivity contribution in [2.45, 2.75) is 6.42 Å². The van der Waals surface area contributed by atoms with Crippen molar-refractivity contribution in [3.63, 3.8) is 0 Å². The maximum Gasteiger partial charge on any atom is 0.305 e. The van der Waals surface area contributed by atoms with Crippen molar-refractivity contribution in [2.24, 2.45) is 0 Å². The van der Waals surface area contributed by atoms with Gasteiger partial charge >= 0.3 is 5.97 Å². The lowest BCUT2D eigenvalue weighted by Crippen LogP contribution is -2.27. The van der Waals surface area contributed by atoms with Crippen LogP contribution in [-0.2, 0) is 9.59 Å². The molecule has 0 aliphatic heterocycles. The summed E-state index contributed by atoms with van der Waals surface area (Å²) in [7, 11) is 0. The van der Waals surface area contributed by atoms with E-state index in [-0.39, 0.29) is 18.5 Å². The summed E-state index contributed by atoms with van der Waals surface area (Å²) in [5, 5.41) is 22.2. The molecule has 0 aliphatic rings. The first-order valence-electron chi connectivity index (χ1n) is 5.65. The van der Waals surface area contributed by atoms with E-state index in [4.69, 9.17) is 10.4 Å². The van der Waals surface area contributed by atoms with E-state index in [9.17, 15) is 14.0 Å². The Labute approximate surface area is 114 Å². The van der Waals surface area contributed by atoms with Crippen LogP contribution in [0, 0.1) is 17.1 Å². The number of carboxylic acid groups (broad SMARTS) is 1. The number of hydrogen-bond donors (Lipinski definition) is 3. The zero-order valence-electron chi connectivity index (χ0n) is 10.4. The first-order chi connectivity index (χ1) is 9.52. The minimum Gasteiger partial charge on any atom is -0.481 e. The van der Waals surface area contributed by atoms with Crippen LogP contribution in [0.3, 0.4) is 0 Å². The van der Waals surface area contributed by atoms with E-state index in [0.717, 1.165) is 0 Å². The highest BCUT2D eigenvalue weighted by atomic mass is 19.1. The summed E-state index contributed by atoms with van der Waals surface area (Å²) in [6.07, 6.45) is 0.944. The first-order valence-corrected chi connectivity index (χ1v) is 5.65. The number of halogens is 1. The summed E-state index contributed by atoms with van der Waals surface area (Å²) >= 11 is 0. The third-order valence-electron chi connectivity index (χ3n) is 2.22. The normalized spacial score (nSPS) is 10.5. The Kier molecular flexibility index (Phi) is 5.72. The van der Waals surface area contributed by atoms with Crippen molar-refractivity contribution in [3.8, 4) is 6.07 Å². The van der Waals surface area contributed by atoms with Gasteiger partial charge in [-0.25, -0.2) is 4.39 Å². The van der Waals surface area contributed by atoms with E-state index in [0.29, 0.717) is 5.69 Å². The number of carboxylic acids is 1. The van der Waals surface area contributed by atoms with Crippen molar-refractivity contribution >= 4 is 17.6 Å². The number of amides is 1. The van der Waals surface area contributed by atoms with Crippen LogP contribution >= 0.6 is 0 Å². The standard InChI is InChI=1S/C13H12FN3O3/c14-10-1-3-11(4-2-10)17-8-9(7-15)13(20)16-6-5-12(18)19/h1-4,8,17H,5-6H2,(H,16,20)(H,18,19)/b9-8-. The fourth-order valence-corrected chi connectivity index (χ4v) is 1.23. The number of rotatable bonds is 6. The van der Waals surface area contributed by atoms with E-state index >= 15 is 0 Å². The van der Waals surface area contributed by atoms with E-state index in [1.54, 1.807) is 6.07 Å². The maximum atomic E-state index is 12.7. The Morgan fingerprint density at radius 3 is 2.55 bits per heavy atom. The summed E-state index contributed by atoms with van der Waals surface area (Å²) in [6.45, 7) is -0.0657. The largest absolute Gasteiger partial charge is 0.481 e. The van der Waals surface area contributed by atoms with Gasteiger partial charge in [0.2, 0.25) is 0 Å². The number of anilines is 1. The van der Waals surface area contributed by atoms with Gasteiger partial charge in [0.25, 0.3) is 5.91 Å². The molecule has 0 aliphatic carbocycles. The molecule has 1 rings (SSSR count). The van der Waals surface area contributed by atoms with Crippen molar-refractivity contribution in [1.29, 1.82) is 5.26 Å². The van der Waals surface area contributed by atoms with Crippen molar-refractivity contribution in [2.75, 3.05) is 11.9 Å². The van der Waals surface area contributed by atoms with Crippen LogP contribution in [0.15, 0.2) is 36.0 Å². The van der Waals surface area contributed by atoms with Crippen molar-refractivity contribution in [3.05, 3.63) is 41.9 Å². The van der Waals surface area contributed by atoms with Gasteiger partial charge in [0.05, 0.1) is 6.42 Å². The quantitative estimate of drug-likeness (QED) is 0.536. The molecular formula is C13H12FN3O3. The van der Waals surface area contributed by atoms with Crippen LogP contribution in [-0.4, -0.2) is 23.5 Å². The maximum absolute atomic E-state index is 12.7. The molecule has 0 spiro atoms. The van der Waals surface area contributed by atoms with Gasteiger partial charge in [-0.15, -0.1) is 0 Å². The Balaban J connectivity index is 2.58. The fourth-order valence-electron chi connectivity index (χ4n) is 1.23. The lowest BCUT2D eigenvalue weighted by atomic mass is 10.2. The lowest BCUT2D eigenvalue weighted by molar-refractivity contribution is -0.136. The predicted octanol–water partition coefficient (Wildman–Crippen LogP) is 1.24. The van der Waals surface area contributed by atoms with Gasteiger partial charge in [-0.2, -0.15) is 5.26 Å². The van der Waals surface area contributed by atoms with Gasteiger partial charge in [-0.1, -0.05) is 0 Å². The topological polar surface area (TPSA) is 102 Å². The van der Waals surface area contributed by atoms with Crippen molar-refractivity contribution < 1.29 is 19.1 Å². The highest BCUT2D eigenvalue weighted by Crippen LogP contribution is 2.08.